The average Bonchev–Trinajstić information content (AvgIpc) is 2.36. The van der Waals surface area contributed by atoms with Crippen LogP contribution in [-0.2, 0) is 0 Å². The third kappa shape index (κ3) is 5.09. The minimum absolute atomic E-state index is 0.285. The Labute approximate surface area is 112 Å². The fourth-order valence-corrected chi connectivity index (χ4v) is 1.68. The van der Waals surface area contributed by atoms with E-state index in [0.29, 0.717) is 12.0 Å². The Hall–Kier alpha value is -1.02. The lowest BCUT2D eigenvalue weighted by atomic mass is 10.1. The highest BCUT2D eigenvalue weighted by molar-refractivity contribution is 5.29. The van der Waals surface area contributed by atoms with E-state index in [1.54, 1.807) is 0 Å². The predicted octanol–water partition coefficient (Wildman–Crippen LogP) is 4.17. The molecule has 1 aromatic carbocycles. The molecule has 2 heteroatoms. The molecule has 1 N–H and O–H groups in total. The molecule has 0 spiro atoms. The van der Waals surface area contributed by atoms with Crippen molar-refractivity contribution >= 4 is 0 Å². The summed E-state index contributed by atoms with van der Waals surface area (Å²) in [6.07, 6.45) is 1.32. The van der Waals surface area contributed by atoms with Crippen LogP contribution in [0.1, 0.15) is 52.6 Å². The van der Waals surface area contributed by atoms with Gasteiger partial charge >= 0.3 is 0 Å². The summed E-state index contributed by atoms with van der Waals surface area (Å²) in [5, 5.41) is 3.53. The summed E-state index contributed by atoms with van der Waals surface area (Å²) >= 11 is 0. The number of nitrogens with one attached hydrogen (secondary N) is 1. The molecule has 0 radical (unpaired) electrons. The van der Waals surface area contributed by atoms with Crippen LogP contribution in [0.25, 0.3) is 0 Å². The first-order valence-corrected chi connectivity index (χ1v) is 7.03. The highest BCUT2D eigenvalue weighted by Gasteiger charge is 2.06. The maximum Gasteiger partial charge on any atom is 0.119 e. The second-order valence-electron chi connectivity index (χ2n) is 5.43. The Morgan fingerprint density at radius 1 is 1.06 bits per heavy atom. The van der Waals surface area contributed by atoms with Crippen LogP contribution in [0, 0.1) is 5.92 Å². The van der Waals surface area contributed by atoms with Crippen molar-refractivity contribution in [3.8, 4) is 5.75 Å². The van der Waals surface area contributed by atoms with Gasteiger partial charge in [0, 0.05) is 6.04 Å². The van der Waals surface area contributed by atoms with Gasteiger partial charge in [0.05, 0.1) is 6.10 Å². The van der Waals surface area contributed by atoms with E-state index in [2.05, 4.69) is 64.2 Å². The molecule has 0 aliphatic carbocycles. The molecule has 0 unspecified atom stereocenters. The molecule has 0 aliphatic rings. The van der Waals surface area contributed by atoms with Gasteiger partial charge in [0.25, 0.3) is 0 Å². The van der Waals surface area contributed by atoms with Crippen molar-refractivity contribution in [1.29, 1.82) is 0 Å². The molecule has 0 amide bonds. The summed E-state index contributed by atoms with van der Waals surface area (Å²) in [4.78, 5) is 0. The molecular weight excluding hydrogens is 222 g/mol. The van der Waals surface area contributed by atoms with Crippen molar-refractivity contribution in [2.24, 2.45) is 5.92 Å². The van der Waals surface area contributed by atoms with Gasteiger partial charge in [-0.2, -0.15) is 0 Å². The third-order valence-electron chi connectivity index (χ3n) is 3.12. The van der Waals surface area contributed by atoms with Gasteiger partial charge in [-0.1, -0.05) is 32.9 Å². The van der Waals surface area contributed by atoms with Gasteiger partial charge in [-0.15, -0.1) is 0 Å². The zero-order chi connectivity index (χ0) is 13.5. The Morgan fingerprint density at radius 2 is 1.67 bits per heavy atom. The zero-order valence-corrected chi connectivity index (χ0v) is 12.4. The summed E-state index contributed by atoms with van der Waals surface area (Å²) in [6, 6.07) is 8.82. The average molecular weight is 249 g/mol. The van der Waals surface area contributed by atoms with Gasteiger partial charge in [-0.05, 0) is 50.4 Å². The Kier molecular flexibility index (Phi) is 6.20. The zero-order valence-electron chi connectivity index (χ0n) is 12.4. The van der Waals surface area contributed by atoms with Gasteiger partial charge in [0.1, 0.15) is 5.75 Å². The van der Waals surface area contributed by atoms with Crippen molar-refractivity contribution in [3.63, 3.8) is 0 Å². The van der Waals surface area contributed by atoms with E-state index in [-0.39, 0.29) is 6.10 Å². The smallest absolute Gasteiger partial charge is 0.119 e. The molecule has 0 saturated carbocycles. The minimum Gasteiger partial charge on any atom is -0.491 e. The summed E-state index contributed by atoms with van der Waals surface area (Å²) in [6.45, 7) is 11.9. The Morgan fingerprint density at radius 3 is 2.17 bits per heavy atom. The highest BCUT2D eigenvalue weighted by Crippen LogP contribution is 2.19. The maximum atomic E-state index is 5.78. The van der Waals surface area contributed by atoms with E-state index in [1.165, 1.54) is 5.56 Å². The fraction of sp³-hybridized carbons (Fsp3) is 0.625. The van der Waals surface area contributed by atoms with Crippen LogP contribution in [0.3, 0.4) is 0 Å². The minimum atomic E-state index is 0.285. The Bertz CT molecular complexity index is 331. The van der Waals surface area contributed by atoms with E-state index in [0.717, 1.165) is 18.7 Å². The van der Waals surface area contributed by atoms with Crippen LogP contribution in [0.15, 0.2) is 24.3 Å². The normalized spacial score (nSPS) is 14.6. The maximum absolute atomic E-state index is 5.78. The molecule has 102 valence electrons. The summed E-state index contributed by atoms with van der Waals surface area (Å²) in [7, 11) is 0. The topological polar surface area (TPSA) is 21.3 Å². The van der Waals surface area contributed by atoms with Crippen LogP contribution in [0.4, 0.5) is 0 Å². The number of rotatable bonds is 7. The Balaban J connectivity index is 2.53. The van der Waals surface area contributed by atoms with E-state index >= 15 is 0 Å². The first kappa shape index (κ1) is 15.0. The van der Waals surface area contributed by atoms with Crippen LogP contribution >= 0.6 is 0 Å². The van der Waals surface area contributed by atoms with Crippen LogP contribution < -0.4 is 10.1 Å². The molecule has 1 rings (SSSR count). The SMILES string of the molecule is CC[C@H](C)Oc1ccc([C@@H](C)NCC(C)C)cc1. The molecule has 2 atom stereocenters. The van der Waals surface area contributed by atoms with Crippen molar-refractivity contribution < 1.29 is 4.74 Å². The van der Waals surface area contributed by atoms with Crippen molar-refractivity contribution in [2.75, 3.05) is 6.54 Å². The van der Waals surface area contributed by atoms with E-state index in [1.807, 2.05) is 0 Å². The van der Waals surface area contributed by atoms with Gasteiger partial charge in [0.2, 0.25) is 0 Å². The highest BCUT2D eigenvalue weighted by atomic mass is 16.5. The van der Waals surface area contributed by atoms with Gasteiger partial charge in [-0.3, -0.25) is 0 Å². The largest absolute Gasteiger partial charge is 0.491 e. The number of benzene rings is 1. The second-order valence-corrected chi connectivity index (χ2v) is 5.43. The predicted molar refractivity (Wildman–Crippen MR) is 78.1 cm³/mol. The van der Waals surface area contributed by atoms with E-state index in [4.69, 9.17) is 4.74 Å². The van der Waals surface area contributed by atoms with E-state index < -0.39 is 0 Å². The summed E-state index contributed by atoms with van der Waals surface area (Å²) < 4.78 is 5.78. The number of ether oxygens (including phenoxy) is 1. The van der Waals surface area contributed by atoms with Crippen LogP contribution in [0.2, 0.25) is 0 Å². The lowest BCUT2D eigenvalue weighted by Crippen LogP contribution is -2.23. The lowest BCUT2D eigenvalue weighted by Gasteiger charge is -2.17. The third-order valence-corrected chi connectivity index (χ3v) is 3.12. The van der Waals surface area contributed by atoms with Gasteiger partial charge in [-0.25, -0.2) is 0 Å². The standard InChI is InChI=1S/C16H27NO/c1-6-13(4)18-16-9-7-15(8-10-16)14(5)17-11-12(2)3/h7-10,12-14,17H,6,11H2,1-5H3/t13-,14+/m0/s1. The quantitative estimate of drug-likeness (QED) is 0.783. The molecular formula is C16H27NO. The molecule has 0 bridgehead atoms. The number of hydrogen-bond acceptors (Lipinski definition) is 2. The number of hydrogen-bond donors (Lipinski definition) is 1. The van der Waals surface area contributed by atoms with Crippen molar-refractivity contribution in [3.05, 3.63) is 29.8 Å². The van der Waals surface area contributed by atoms with Crippen LogP contribution in [0.5, 0.6) is 5.75 Å². The first-order valence-electron chi connectivity index (χ1n) is 7.03. The summed E-state index contributed by atoms with van der Waals surface area (Å²) in [5.41, 5.74) is 1.31. The molecule has 0 fully saturated rings. The van der Waals surface area contributed by atoms with Crippen molar-refractivity contribution in [1.82, 2.24) is 5.32 Å². The molecule has 18 heavy (non-hydrogen) atoms. The first-order chi connectivity index (χ1) is 8.52. The summed E-state index contributed by atoms with van der Waals surface area (Å²) in [5.74, 6) is 1.64. The molecule has 0 heterocycles. The molecule has 1 aromatic rings. The second kappa shape index (κ2) is 7.42. The van der Waals surface area contributed by atoms with Crippen molar-refractivity contribution in [2.45, 2.75) is 53.2 Å². The van der Waals surface area contributed by atoms with Crippen LogP contribution in [-0.4, -0.2) is 12.6 Å². The van der Waals surface area contributed by atoms with E-state index in [9.17, 15) is 0 Å². The van der Waals surface area contributed by atoms with Gasteiger partial charge < -0.3 is 10.1 Å². The lowest BCUT2D eigenvalue weighted by molar-refractivity contribution is 0.217. The van der Waals surface area contributed by atoms with Gasteiger partial charge in [0.15, 0.2) is 0 Å². The molecule has 2 nitrogen and oxygen atoms in total. The molecule has 0 aromatic heterocycles. The molecule has 0 saturated heterocycles. The monoisotopic (exact) mass is 249 g/mol. The molecule has 0 aliphatic heterocycles. The fourth-order valence-electron chi connectivity index (χ4n) is 1.68.